The summed E-state index contributed by atoms with van der Waals surface area (Å²) in [5, 5.41) is 15.1. The number of aromatic nitrogens is 1. The standard InChI is InChI=1S/C19H11NO2.CHF3S/c21-16-10-4-6-12-14-8-3-7-13-11-5-1-2-9-15(11)20(18(13)14)19(22)17(12)16;2-1(3,4)5/h1-10,22H;5H. The minimum Gasteiger partial charge on any atom is -0.494 e. The Morgan fingerprint density at radius 2 is 1.33 bits per heavy atom. The lowest BCUT2D eigenvalue weighted by molar-refractivity contribution is -0.0303. The van der Waals surface area contributed by atoms with Gasteiger partial charge in [-0.25, -0.2) is 0 Å². The molecule has 2 heterocycles. The van der Waals surface area contributed by atoms with Gasteiger partial charge in [0.15, 0.2) is 5.43 Å². The Bertz CT molecular complexity index is 1350. The quantitative estimate of drug-likeness (QED) is 0.278. The molecule has 5 rings (SSSR count). The van der Waals surface area contributed by atoms with Gasteiger partial charge in [0.05, 0.1) is 16.4 Å². The number of hydrogen-bond donors (Lipinski definition) is 2. The monoisotopic (exact) mass is 387 g/mol. The minimum atomic E-state index is -4.31. The Morgan fingerprint density at radius 3 is 2.04 bits per heavy atom. The minimum absolute atomic E-state index is 0.0190. The van der Waals surface area contributed by atoms with Crippen LogP contribution >= 0.6 is 12.6 Å². The summed E-state index contributed by atoms with van der Waals surface area (Å²) < 4.78 is 32.5. The summed E-state index contributed by atoms with van der Waals surface area (Å²) in [5.74, 6) is 0.0190. The highest BCUT2D eigenvalue weighted by Crippen LogP contribution is 2.39. The van der Waals surface area contributed by atoms with Gasteiger partial charge < -0.3 is 5.11 Å². The molecule has 3 nitrogen and oxygen atoms in total. The lowest BCUT2D eigenvalue weighted by Crippen LogP contribution is -2.02. The van der Waals surface area contributed by atoms with Crippen molar-refractivity contribution in [3.8, 4) is 5.88 Å². The number of alkyl halides is 3. The zero-order chi connectivity index (χ0) is 19.3. The normalized spacial score (nSPS) is 12.0. The molecule has 27 heavy (non-hydrogen) atoms. The molecule has 0 radical (unpaired) electrons. The second-order valence-corrected chi connectivity index (χ2v) is 6.53. The number of para-hydroxylation sites is 2. The smallest absolute Gasteiger partial charge is 0.438 e. The van der Waals surface area contributed by atoms with E-state index in [0.29, 0.717) is 5.39 Å². The molecule has 0 saturated carbocycles. The third-order valence-electron chi connectivity index (χ3n) is 4.45. The molecule has 0 aliphatic rings. The molecule has 0 aliphatic carbocycles. The van der Waals surface area contributed by atoms with Crippen LogP contribution in [-0.4, -0.2) is 15.0 Å². The molecule has 136 valence electrons. The topological polar surface area (TPSA) is 41.7 Å². The molecule has 2 aromatic heterocycles. The van der Waals surface area contributed by atoms with Crippen LogP contribution in [0.15, 0.2) is 65.5 Å². The van der Waals surface area contributed by atoms with E-state index in [1.165, 1.54) is 6.07 Å². The summed E-state index contributed by atoms with van der Waals surface area (Å²) in [6, 6.07) is 19.1. The van der Waals surface area contributed by atoms with Crippen LogP contribution < -0.4 is 5.43 Å². The SMILES string of the molecule is FC(F)(F)S.O=c1cccc2c1c(O)n1c3ccccc3c3cccc2c31. The average molecular weight is 387 g/mol. The second-order valence-electron chi connectivity index (χ2n) is 6.02. The van der Waals surface area contributed by atoms with Crippen LogP contribution in [0.4, 0.5) is 13.2 Å². The van der Waals surface area contributed by atoms with Gasteiger partial charge in [-0.05, 0) is 12.1 Å². The van der Waals surface area contributed by atoms with Crippen molar-refractivity contribution in [2.45, 2.75) is 5.51 Å². The largest absolute Gasteiger partial charge is 0.494 e. The van der Waals surface area contributed by atoms with Crippen molar-refractivity contribution in [2.75, 3.05) is 0 Å². The van der Waals surface area contributed by atoms with E-state index < -0.39 is 5.51 Å². The number of nitrogens with zero attached hydrogens (tertiary/aromatic N) is 1. The highest BCUT2D eigenvalue weighted by Gasteiger charge is 2.18. The lowest BCUT2D eigenvalue weighted by atomic mass is 10.0. The van der Waals surface area contributed by atoms with Crippen LogP contribution in [0.1, 0.15) is 0 Å². The van der Waals surface area contributed by atoms with Gasteiger partial charge >= 0.3 is 5.51 Å². The van der Waals surface area contributed by atoms with Gasteiger partial charge in [0, 0.05) is 21.5 Å². The van der Waals surface area contributed by atoms with Crippen molar-refractivity contribution in [3.05, 3.63) is 70.9 Å². The van der Waals surface area contributed by atoms with Crippen LogP contribution in [-0.2, 0) is 0 Å². The molecule has 3 aromatic carbocycles. The summed E-state index contributed by atoms with van der Waals surface area (Å²) in [6.45, 7) is 0. The van der Waals surface area contributed by atoms with Gasteiger partial charge in [0.25, 0.3) is 0 Å². The number of benzene rings is 3. The number of fused-ring (bicyclic) bond motifs is 5. The number of aromatic hydroxyl groups is 1. The van der Waals surface area contributed by atoms with E-state index in [0.717, 1.165) is 32.6 Å². The number of pyridine rings is 1. The Labute approximate surface area is 156 Å². The van der Waals surface area contributed by atoms with Gasteiger partial charge in [0.1, 0.15) is 0 Å². The predicted molar refractivity (Wildman–Crippen MR) is 104 cm³/mol. The van der Waals surface area contributed by atoms with Crippen molar-refractivity contribution in [2.24, 2.45) is 0 Å². The Kier molecular flexibility index (Phi) is 3.92. The van der Waals surface area contributed by atoms with Gasteiger partial charge in [-0.15, -0.1) is 0 Å². The molecule has 0 bridgehead atoms. The van der Waals surface area contributed by atoms with Crippen molar-refractivity contribution >= 4 is 50.6 Å². The molecule has 7 heteroatoms. The van der Waals surface area contributed by atoms with Crippen molar-refractivity contribution in [3.63, 3.8) is 0 Å². The number of thiol groups is 1. The van der Waals surface area contributed by atoms with E-state index in [2.05, 4.69) is 18.7 Å². The molecular weight excluding hydrogens is 375 g/mol. The Hall–Kier alpha value is -2.93. The first-order valence-corrected chi connectivity index (χ1v) is 8.40. The van der Waals surface area contributed by atoms with Gasteiger partial charge in [-0.3, -0.25) is 9.20 Å². The maximum absolute atomic E-state index is 12.3. The summed E-state index contributed by atoms with van der Waals surface area (Å²) in [6.07, 6.45) is 0. The highest BCUT2D eigenvalue weighted by atomic mass is 32.1. The number of hydrogen-bond acceptors (Lipinski definition) is 3. The Morgan fingerprint density at radius 1 is 0.815 bits per heavy atom. The maximum atomic E-state index is 12.3. The molecule has 5 aromatic rings. The molecule has 0 atom stereocenters. The zero-order valence-corrected chi connectivity index (χ0v) is 14.6. The van der Waals surface area contributed by atoms with Gasteiger partial charge in [-0.2, -0.15) is 13.2 Å². The summed E-state index contributed by atoms with van der Waals surface area (Å²) in [4.78, 5) is 12.3. The average Bonchev–Trinajstić information content (AvgIpc) is 2.94. The molecular formula is C20H12F3NO2S. The first kappa shape index (κ1) is 17.5. The van der Waals surface area contributed by atoms with E-state index >= 15 is 0 Å². The molecule has 0 amide bonds. The van der Waals surface area contributed by atoms with E-state index in [4.69, 9.17) is 0 Å². The van der Waals surface area contributed by atoms with Gasteiger partial charge in [0.2, 0.25) is 5.88 Å². The van der Waals surface area contributed by atoms with Crippen molar-refractivity contribution in [1.82, 2.24) is 4.40 Å². The molecule has 0 unspecified atom stereocenters. The fourth-order valence-electron chi connectivity index (χ4n) is 3.55. The molecule has 0 spiro atoms. The summed E-state index contributed by atoms with van der Waals surface area (Å²) in [5.41, 5.74) is -2.59. The van der Waals surface area contributed by atoms with Crippen LogP contribution in [0.2, 0.25) is 0 Å². The van der Waals surface area contributed by atoms with Crippen LogP contribution in [0, 0.1) is 0 Å². The van der Waals surface area contributed by atoms with Crippen molar-refractivity contribution < 1.29 is 18.3 Å². The van der Waals surface area contributed by atoms with Crippen LogP contribution in [0.25, 0.3) is 38.0 Å². The third kappa shape index (κ3) is 2.84. The number of rotatable bonds is 0. The van der Waals surface area contributed by atoms with E-state index in [9.17, 15) is 23.1 Å². The molecule has 0 fully saturated rings. The highest BCUT2D eigenvalue weighted by molar-refractivity contribution is 7.81. The molecule has 1 N–H and O–H groups in total. The van der Waals surface area contributed by atoms with Crippen molar-refractivity contribution in [1.29, 1.82) is 0 Å². The van der Waals surface area contributed by atoms with E-state index in [-0.39, 0.29) is 11.3 Å². The first-order chi connectivity index (χ1) is 12.8. The molecule has 0 saturated heterocycles. The fourth-order valence-corrected chi connectivity index (χ4v) is 3.55. The maximum Gasteiger partial charge on any atom is 0.438 e. The zero-order valence-electron chi connectivity index (χ0n) is 13.7. The third-order valence-corrected chi connectivity index (χ3v) is 4.45. The lowest BCUT2D eigenvalue weighted by Gasteiger charge is -2.09. The summed E-state index contributed by atoms with van der Waals surface area (Å²) in [7, 11) is 0. The Balaban J connectivity index is 0.000000323. The van der Waals surface area contributed by atoms with Gasteiger partial charge in [-0.1, -0.05) is 61.2 Å². The fraction of sp³-hybridized carbons (Fsp3) is 0.0500. The second kappa shape index (κ2) is 6.06. The van der Waals surface area contributed by atoms with Crippen LogP contribution in [0.5, 0.6) is 5.88 Å². The first-order valence-electron chi connectivity index (χ1n) is 7.95. The number of halogens is 3. The predicted octanol–water partition coefficient (Wildman–Crippen LogP) is 5.34. The van der Waals surface area contributed by atoms with E-state index in [1.54, 1.807) is 10.5 Å². The van der Waals surface area contributed by atoms with Crippen LogP contribution in [0.3, 0.4) is 0 Å². The molecule has 0 aliphatic heterocycles. The summed E-state index contributed by atoms with van der Waals surface area (Å²) >= 11 is 2.12. The van der Waals surface area contributed by atoms with E-state index in [1.807, 2.05) is 42.5 Å².